The second kappa shape index (κ2) is 18.6. The lowest BCUT2D eigenvalue weighted by Gasteiger charge is -2.37. The topological polar surface area (TPSA) is 167 Å². The summed E-state index contributed by atoms with van der Waals surface area (Å²) in [6, 6.07) is 7.07. The molecule has 4 aromatic rings. The third kappa shape index (κ3) is 9.63. The van der Waals surface area contributed by atoms with Crippen LogP contribution in [0.15, 0.2) is 41.9 Å². The summed E-state index contributed by atoms with van der Waals surface area (Å²) in [7, 11) is 1.71. The fourth-order valence-corrected chi connectivity index (χ4v) is 10.2. The molecule has 2 fully saturated rings. The van der Waals surface area contributed by atoms with Crippen molar-refractivity contribution < 1.29 is 38.1 Å². The van der Waals surface area contributed by atoms with Gasteiger partial charge in [-0.3, -0.25) is 19.6 Å². The van der Waals surface area contributed by atoms with Crippen LogP contribution in [0, 0.1) is 5.41 Å². The molecule has 4 aliphatic rings. The Morgan fingerprint density at radius 1 is 1.14 bits per heavy atom. The lowest BCUT2D eigenvalue weighted by atomic mass is 9.83. The van der Waals surface area contributed by atoms with E-state index < -0.39 is 47.2 Å². The van der Waals surface area contributed by atoms with Crippen molar-refractivity contribution in [2.45, 2.75) is 130 Å². The molecule has 0 aliphatic carbocycles. The summed E-state index contributed by atoms with van der Waals surface area (Å²) in [5.41, 5.74) is 10.7. The number of nitrogens with one attached hydrogen (secondary N) is 3. The first-order valence-electron chi connectivity index (χ1n) is 22.6. The Labute approximate surface area is 379 Å². The number of aromatic nitrogens is 3. The highest BCUT2D eigenvalue weighted by molar-refractivity contribution is 7.10. The standard InChI is InChI=1S/C48H63N7O8S/c1-10-54-38-15-14-28-19-33(38)35(41(54)34-20-30(22-49-39(34)27(3)59-9)29-17-31-23-60-24-32(18-29)50-31)21-48(7,8)26-62-45(57)36-13-12-16-55(53-36)44(56)40(52-46(58)63-47(4,5)6)42(61-11-2)43-51-37(28)25-64-43/h14-15,17,19-20,22,25,27,31-32,36,40,42,50,53H,10-13,16,18,21,23-24,26H2,1-9H3,(H,52,58)/t27-,31-,32+,36-,40?,42-/m0/s1. The van der Waals surface area contributed by atoms with Gasteiger partial charge in [0.15, 0.2) is 0 Å². The molecule has 344 valence electrons. The molecule has 64 heavy (non-hydrogen) atoms. The molecule has 15 nitrogen and oxygen atoms in total. The summed E-state index contributed by atoms with van der Waals surface area (Å²) in [6.07, 6.45) is 4.64. The number of carbonyl (C=O) groups is 3. The quantitative estimate of drug-likeness (QED) is 0.152. The van der Waals surface area contributed by atoms with E-state index in [4.69, 9.17) is 33.7 Å². The van der Waals surface area contributed by atoms with Gasteiger partial charge in [-0.2, -0.15) is 0 Å². The van der Waals surface area contributed by atoms with E-state index in [1.54, 1.807) is 27.9 Å². The predicted octanol–water partition coefficient (Wildman–Crippen LogP) is 7.29. The SMILES string of the molecule is CCO[C@@H]1c2nc(cs2)-c2ccc3c(c2)c(c(-c2cc(C4=C[C@H]5COC[C@@H](C4)N5)cnc2[C@H](C)OC)n3CC)CC(C)(C)COC(=O)[C@@H]2CCCN(N2)C(=O)C1NC(=O)OC(C)(C)C. The molecule has 0 saturated carbocycles. The van der Waals surface area contributed by atoms with Gasteiger partial charge < -0.3 is 38.9 Å². The maximum atomic E-state index is 14.5. The molecule has 3 aromatic heterocycles. The minimum atomic E-state index is -1.23. The van der Waals surface area contributed by atoms with E-state index >= 15 is 0 Å². The number of cyclic esters (lactones) is 1. The van der Waals surface area contributed by atoms with Crippen LogP contribution in [0.3, 0.4) is 0 Å². The van der Waals surface area contributed by atoms with Gasteiger partial charge in [-0.05, 0) is 102 Å². The molecule has 4 aliphatic heterocycles. The summed E-state index contributed by atoms with van der Waals surface area (Å²) in [4.78, 5) is 52.2. The molecule has 7 heterocycles. The lowest BCUT2D eigenvalue weighted by Crippen LogP contribution is -2.61. The maximum absolute atomic E-state index is 14.5. The minimum Gasteiger partial charge on any atom is -0.464 e. The number of hydrogen-bond donors (Lipinski definition) is 3. The zero-order chi connectivity index (χ0) is 45.5. The first kappa shape index (κ1) is 45.8. The van der Waals surface area contributed by atoms with Gasteiger partial charge in [0, 0.05) is 77.9 Å². The number of ether oxygens (including phenoxy) is 5. The van der Waals surface area contributed by atoms with Gasteiger partial charge in [-0.15, -0.1) is 11.3 Å². The summed E-state index contributed by atoms with van der Waals surface area (Å²) in [5.74, 6) is -0.931. The van der Waals surface area contributed by atoms with Gasteiger partial charge in [-0.25, -0.2) is 15.2 Å². The van der Waals surface area contributed by atoms with Crippen molar-refractivity contribution in [2.75, 3.05) is 40.1 Å². The summed E-state index contributed by atoms with van der Waals surface area (Å²) in [6.45, 7) is 18.2. The number of rotatable bonds is 8. The number of esters is 1. The number of benzene rings is 1. The van der Waals surface area contributed by atoms with E-state index in [0.717, 1.165) is 51.0 Å². The summed E-state index contributed by atoms with van der Waals surface area (Å²) in [5, 5.41) is 11.4. The molecule has 1 unspecified atom stereocenters. The van der Waals surface area contributed by atoms with Gasteiger partial charge in [0.2, 0.25) is 0 Å². The second-order valence-corrected chi connectivity index (χ2v) is 20.0. The van der Waals surface area contributed by atoms with Gasteiger partial charge in [0.25, 0.3) is 5.91 Å². The molecule has 3 N–H and O–H groups in total. The monoisotopic (exact) mass is 897 g/mol. The van der Waals surface area contributed by atoms with Crippen LogP contribution in [0.25, 0.3) is 39.0 Å². The number of alkyl carbamates (subject to hydrolysis) is 1. The molecule has 2 amide bonds. The minimum absolute atomic E-state index is 0.130. The zero-order valence-corrected chi connectivity index (χ0v) is 39.4. The summed E-state index contributed by atoms with van der Waals surface area (Å²) < 4.78 is 32.3. The van der Waals surface area contributed by atoms with Crippen LogP contribution >= 0.6 is 11.3 Å². The van der Waals surface area contributed by atoms with Crippen LogP contribution in [0.5, 0.6) is 0 Å². The van der Waals surface area contributed by atoms with Crippen LogP contribution < -0.4 is 16.1 Å². The van der Waals surface area contributed by atoms with E-state index in [1.165, 1.54) is 21.9 Å². The number of pyridine rings is 1. The molecular formula is C48H63N7O8S. The van der Waals surface area contributed by atoms with Gasteiger partial charge in [-0.1, -0.05) is 26.0 Å². The van der Waals surface area contributed by atoms with Crippen LogP contribution in [0.1, 0.15) is 109 Å². The van der Waals surface area contributed by atoms with Crippen molar-refractivity contribution in [1.29, 1.82) is 0 Å². The average Bonchev–Trinajstić information content (AvgIpc) is 3.87. The van der Waals surface area contributed by atoms with Gasteiger partial charge >= 0.3 is 12.1 Å². The van der Waals surface area contributed by atoms with Crippen LogP contribution in [-0.4, -0.2) is 107 Å². The summed E-state index contributed by atoms with van der Waals surface area (Å²) >= 11 is 1.36. The average molecular weight is 898 g/mol. The number of fused-ring (bicyclic) bond motifs is 8. The Bertz CT molecular complexity index is 2420. The van der Waals surface area contributed by atoms with Crippen molar-refractivity contribution in [2.24, 2.45) is 5.41 Å². The Morgan fingerprint density at radius 3 is 2.69 bits per heavy atom. The Morgan fingerprint density at radius 2 is 1.95 bits per heavy atom. The van der Waals surface area contributed by atoms with E-state index in [2.05, 4.69) is 71.7 Å². The number of nitrogens with zero attached hydrogens (tertiary/aromatic N) is 4. The Kier molecular flexibility index (Phi) is 13.4. The molecule has 8 rings (SSSR count). The van der Waals surface area contributed by atoms with Gasteiger partial charge in [0.1, 0.15) is 28.8 Å². The number of methoxy groups -OCH3 is 1. The molecule has 6 atom stereocenters. The molecular weight excluding hydrogens is 835 g/mol. The fraction of sp³-hybridized carbons (Fsp3) is 0.562. The number of amides is 2. The molecule has 0 spiro atoms. The van der Waals surface area contributed by atoms with Crippen molar-refractivity contribution in [3.05, 3.63) is 63.7 Å². The molecule has 1 aromatic carbocycles. The highest BCUT2D eigenvalue weighted by Gasteiger charge is 2.41. The zero-order valence-electron chi connectivity index (χ0n) is 38.5. The van der Waals surface area contributed by atoms with Crippen molar-refractivity contribution in [1.82, 2.24) is 35.6 Å². The van der Waals surface area contributed by atoms with Crippen molar-refractivity contribution in [3.63, 3.8) is 0 Å². The van der Waals surface area contributed by atoms with E-state index in [9.17, 15) is 14.4 Å². The number of hydrogen-bond acceptors (Lipinski definition) is 13. The first-order valence-corrected chi connectivity index (χ1v) is 23.5. The van der Waals surface area contributed by atoms with Crippen molar-refractivity contribution in [3.8, 4) is 22.5 Å². The first-order chi connectivity index (χ1) is 30.6. The highest BCUT2D eigenvalue weighted by atomic mass is 32.1. The van der Waals surface area contributed by atoms with Crippen LogP contribution in [-0.2, 0) is 46.2 Å². The fourth-order valence-electron chi connectivity index (χ4n) is 9.34. The number of thiazole rings is 1. The molecule has 8 bridgehead atoms. The third-order valence-corrected chi connectivity index (χ3v) is 13.3. The van der Waals surface area contributed by atoms with Crippen LogP contribution in [0.2, 0.25) is 0 Å². The third-order valence-electron chi connectivity index (χ3n) is 12.3. The lowest BCUT2D eigenvalue weighted by molar-refractivity contribution is -0.156. The molecule has 16 heteroatoms. The largest absolute Gasteiger partial charge is 0.464 e. The Hall–Kier alpha value is -4.71. The highest BCUT2D eigenvalue weighted by Crippen LogP contribution is 2.43. The number of aryl methyl sites for hydroxylation is 1. The smallest absolute Gasteiger partial charge is 0.408 e. The Balaban J connectivity index is 1.30. The second-order valence-electron chi connectivity index (χ2n) is 19.1. The normalized spacial score (nSPS) is 24.4. The van der Waals surface area contributed by atoms with Crippen molar-refractivity contribution >= 4 is 45.8 Å². The van der Waals surface area contributed by atoms with Gasteiger partial charge in [0.05, 0.1) is 43.0 Å². The maximum Gasteiger partial charge on any atom is 0.408 e. The molecule has 2 saturated heterocycles. The number of hydrazine groups is 1. The van der Waals surface area contributed by atoms with Crippen LogP contribution in [0.4, 0.5) is 4.79 Å². The van der Waals surface area contributed by atoms with E-state index in [1.807, 2.05) is 25.4 Å². The number of carbonyl (C=O) groups excluding carboxylic acids is 3. The number of morpholine rings is 1. The van der Waals surface area contributed by atoms with E-state index in [-0.39, 0.29) is 31.4 Å². The predicted molar refractivity (Wildman–Crippen MR) is 245 cm³/mol. The van der Waals surface area contributed by atoms with E-state index in [0.29, 0.717) is 56.3 Å². The molecule has 0 radical (unpaired) electrons.